The van der Waals surface area contributed by atoms with Crippen molar-refractivity contribution in [1.82, 2.24) is 9.29 Å². The Balaban J connectivity index is 1.73. The molecule has 5 rings (SSSR count). The molecule has 1 N–H and O–H groups in total. The molecule has 6 nitrogen and oxygen atoms in total. The van der Waals surface area contributed by atoms with Gasteiger partial charge < -0.3 is 14.5 Å². The highest BCUT2D eigenvalue weighted by atomic mass is 32.2. The topological polar surface area (TPSA) is 71.6 Å². The SMILES string of the molecule is COc1ccc(OC)c(S(=O)(=O)N2CCc3c([nH]c4ccccc34)C2c2cccc(F)c2)c1. The van der Waals surface area contributed by atoms with Crippen LogP contribution < -0.4 is 9.47 Å². The number of sulfonamides is 1. The fraction of sp³-hybridized carbons (Fsp3) is 0.200. The van der Waals surface area contributed by atoms with Crippen LogP contribution in [0.2, 0.25) is 0 Å². The van der Waals surface area contributed by atoms with E-state index in [-0.39, 0.29) is 17.2 Å². The highest BCUT2D eigenvalue weighted by Gasteiger charge is 2.40. The summed E-state index contributed by atoms with van der Waals surface area (Å²) in [6.45, 7) is 0.235. The summed E-state index contributed by atoms with van der Waals surface area (Å²) in [6, 6.07) is 17.9. The number of para-hydroxylation sites is 1. The minimum atomic E-state index is -4.04. The first-order chi connectivity index (χ1) is 15.9. The van der Waals surface area contributed by atoms with Crippen molar-refractivity contribution in [3.63, 3.8) is 0 Å². The summed E-state index contributed by atoms with van der Waals surface area (Å²) in [5.41, 5.74) is 3.26. The summed E-state index contributed by atoms with van der Waals surface area (Å²) >= 11 is 0. The summed E-state index contributed by atoms with van der Waals surface area (Å²) in [4.78, 5) is 3.41. The van der Waals surface area contributed by atoms with Gasteiger partial charge >= 0.3 is 0 Å². The van der Waals surface area contributed by atoms with Crippen LogP contribution >= 0.6 is 0 Å². The van der Waals surface area contributed by atoms with Crippen LogP contribution in [0.25, 0.3) is 10.9 Å². The standard InChI is InChI=1S/C25H23FN2O4S/c1-31-18-10-11-22(32-2)23(15-18)33(29,30)28-13-12-20-19-8-3-4-9-21(19)27-24(20)25(28)16-6-5-7-17(26)14-16/h3-11,14-15,25,27H,12-13H2,1-2H3. The molecule has 4 aromatic rings. The molecule has 0 saturated heterocycles. The predicted octanol–water partition coefficient (Wildman–Crippen LogP) is 4.66. The van der Waals surface area contributed by atoms with Gasteiger partial charge in [0.05, 0.1) is 20.3 Å². The third kappa shape index (κ3) is 3.55. The Labute approximate surface area is 191 Å². The Bertz CT molecular complexity index is 1450. The Morgan fingerprint density at radius 2 is 1.82 bits per heavy atom. The van der Waals surface area contributed by atoms with Crippen LogP contribution in [-0.4, -0.2) is 38.5 Å². The molecule has 1 atom stereocenters. The van der Waals surface area contributed by atoms with E-state index in [0.717, 1.165) is 22.2 Å². The van der Waals surface area contributed by atoms with Gasteiger partial charge in [-0.3, -0.25) is 0 Å². The van der Waals surface area contributed by atoms with Crippen LogP contribution in [0.15, 0.2) is 71.6 Å². The molecule has 1 aliphatic heterocycles. The van der Waals surface area contributed by atoms with Crippen molar-refractivity contribution in [2.45, 2.75) is 17.4 Å². The molecule has 0 bridgehead atoms. The maximum absolute atomic E-state index is 14.3. The molecule has 3 aromatic carbocycles. The molecule has 0 saturated carbocycles. The lowest BCUT2D eigenvalue weighted by molar-refractivity contribution is 0.335. The van der Waals surface area contributed by atoms with Crippen molar-refractivity contribution in [1.29, 1.82) is 0 Å². The number of H-pyrrole nitrogens is 1. The van der Waals surface area contributed by atoms with Gasteiger partial charge in [-0.1, -0.05) is 30.3 Å². The Morgan fingerprint density at radius 3 is 2.58 bits per heavy atom. The minimum absolute atomic E-state index is 0.00492. The molecule has 0 spiro atoms. The summed E-state index contributed by atoms with van der Waals surface area (Å²) in [6.07, 6.45) is 0.524. The molecule has 0 radical (unpaired) electrons. The lowest BCUT2D eigenvalue weighted by atomic mass is 9.94. The summed E-state index contributed by atoms with van der Waals surface area (Å²) < 4.78 is 54.3. The number of methoxy groups -OCH3 is 2. The van der Waals surface area contributed by atoms with Gasteiger partial charge in [0.25, 0.3) is 0 Å². The maximum atomic E-state index is 14.3. The second-order valence-electron chi connectivity index (χ2n) is 7.90. The predicted molar refractivity (Wildman–Crippen MR) is 124 cm³/mol. The lowest BCUT2D eigenvalue weighted by Gasteiger charge is -2.35. The Kier molecular flexibility index (Phi) is 5.34. The third-order valence-electron chi connectivity index (χ3n) is 6.11. The van der Waals surface area contributed by atoms with E-state index in [4.69, 9.17) is 9.47 Å². The van der Waals surface area contributed by atoms with E-state index in [9.17, 15) is 12.8 Å². The fourth-order valence-electron chi connectivity index (χ4n) is 4.60. The average Bonchev–Trinajstić information content (AvgIpc) is 3.21. The van der Waals surface area contributed by atoms with E-state index in [1.54, 1.807) is 24.3 Å². The van der Waals surface area contributed by atoms with E-state index in [1.165, 1.54) is 36.7 Å². The van der Waals surface area contributed by atoms with Crippen LogP contribution in [0.3, 0.4) is 0 Å². The maximum Gasteiger partial charge on any atom is 0.247 e. The largest absolute Gasteiger partial charge is 0.497 e. The number of halogens is 1. The quantitative estimate of drug-likeness (QED) is 0.464. The van der Waals surface area contributed by atoms with Gasteiger partial charge in [-0.25, -0.2) is 12.8 Å². The lowest BCUT2D eigenvalue weighted by Crippen LogP contribution is -2.40. The van der Waals surface area contributed by atoms with E-state index >= 15 is 0 Å². The summed E-state index contributed by atoms with van der Waals surface area (Å²) in [5, 5.41) is 1.05. The van der Waals surface area contributed by atoms with E-state index in [1.807, 2.05) is 24.3 Å². The van der Waals surface area contributed by atoms with Crippen molar-refractivity contribution < 1.29 is 22.3 Å². The third-order valence-corrected chi connectivity index (χ3v) is 8.00. The number of hydrogen-bond acceptors (Lipinski definition) is 4. The van der Waals surface area contributed by atoms with Crippen molar-refractivity contribution >= 4 is 20.9 Å². The number of ether oxygens (including phenoxy) is 2. The van der Waals surface area contributed by atoms with Crippen molar-refractivity contribution in [3.05, 3.63) is 89.4 Å². The number of aromatic amines is 1. The van der Waals surface area contributed by atoms with Crippen LogP contribution in [0.4, 0.5) is 4.39 Å². The molecule has 2 heterocycles. The number of fused-ring (bicyclic) bond motifs is 3. The highest BCUT2D eigenvalue weighted by molar-refractivity contribution is 7.89. The number of rotatable bonds is 5. The van der Waals surface area contributed by atoms with Gasteiger partial charge in [0.2, 0.25) is 10.0 Å². The number of nitrogens with one attached hydrogen (secondary N) is 1. The van der Waals surface area contributed by atoms with Gasteiger partial charge in [-0.15, -0.1) is 0 Å². The van der Waals surface area contributed by atoms with Crippen molar-refractivity contribution in [2.24, 2.45) is 0 Å². The van der Waals surface area contributed by atoms with Gasteiger partial charge in [-0.2, -0.15) is 4.31 Å². The molecule has 1 unspecified atom stereocenters. The molecule has 1 aromatic heterocycles. The molecule has 8 heteroatoms. The number of hydrogen-bond donors (Lipinski definition) is 1. The normalized spacial score (nSPS) is 16.5. The monoisotopic (exact) mass is 466 g/mol. The Morgan fingerprint density at radius 1 is 1.00 bits per heavy atom. The van der Waals surface area contributed by atoms with E-state index in [0.29, 0.717) is 17.7 Å². The van der Waals surface area contributed by atoms with Crippen LogP contribution in [0.5, 0.6) is 11.5 Å². The van der Waals surface area contributed by atoms with Crippen LogP contribution in [0, 0.1) is 5.82 Å². The molecule has 0 aliphatic carbocycles. The second-order valence-corrected chi connectivity index (χ2v) is 9.76. The molecule has 33 heavy (non-hydrogen) atoms. The zero-order valence-corrected chi connectivity index (χ0v) is 19.0. The van der Waals surface area contributed by atoms with Crippen molar-refractivity contribution in [3.8, 4) is 11.5 Å². The van der Waals surface area contributed by atoms with Gasteiger partial charge in [-0.05, 0) is 47.9 Å². The van der Waals surface area contributed by atoms with E-state index in [2.05, 4.69) is 4.98 Å². The first-order valence-corrected chi connectivity index (χ1v) is 12.0. The molecule has 0 fully saturated rings. The van der Waals surface area contributed by atoms with Crippen LogP contribution in [0.1, 0.15) is 22.9 Å². The second kappa shape index (κ2) is 8.20. The number of benzene rings is 3. The van der Waals surface area contributed by atoms with Gasteiger partial charge in [0, 0.05) is 29.2 Å². The fourth-order valence-corrected chi connectivity index (χ4v) is 6.36. The van der Waals surface area contributed by atoms with E-state index < -0.39 is 21.9 Å². The summed E-state index contributed by atoms with van der Waals surface area (Å²) in [7, 11) is -1.14. The molecular formula is C25H23FN2O4S. The molecule has 0 amide bonds. The molecular weight excluding hydrogens is 443 g/mol. The first kappa shape index (κ1) is 21.5. The zero-order chi connectivity index (χ0) is 23.2. The Hall–Kier alpha value is -3.36. The first-order valence-electron chi connectivity index (χ1n) is 10.5. The highest BCUT2D eigenvalue weighted by Crippen LogP contribution is 2.42. The molecule has 1 aliphatic rings. The average molecular weight is 467 g/mol. The van der Waals surface area contributed by atoms with Gasteiger partial charge in [0.1, 0.15) is 22.2 Å². The smallest absolute Gasteiger partial charge is 0.247 e. The van der Waals surface area contributed by atoms with Gasteiger partial charge in [0.15, 0.2) is 0 Å². The minimum Gasteiger partial charge on any atom is -0.497 e. The zero-order valence-electron chi connectivity index (χ0n) is 18.2. The van der Waals surface area contributed by atoms with Crippen LogP contribution in [-0.2, 0) is 16.4 Å². The molecule has 170 valence electrons. The van der Waals surface area contributed by atoms with Crippen molar-refractivity contribution in [2.75, 3.05) is 20.8 Å². The summed E-state index contributed by atoms with van der Waals surface area (Å²) in [5.74, 6) is 0.197. The number of nitrogens with zero attached hydrogens (tertiary/aromatic N) is 1. The number of aromatic nitrogens is 1.